The lowest BCUT2D eigenvalue weighted by atomic mass is 9.78. The number of likely N-dealkylation sites (tertiary alicyclic amines) is 1. The zero-order valence-electron chi connectivity index (χ0n) is 12.7. The summed E-state index contributed by atoms with van der Waals surface area (Å²) in [6.07, 6.45) is 1.13. The molecular formula is C12H22BN3O6. The summed E-state index contributed by atoms with van der Waals surface area (Å²) in [5, 5.41) is 32.3. The molecule has 10 heteroatoms. The smallest absolute Gasteiger partial charge is 0.426 e. The van der Waals surface area contributed by atoms with Gasteiger partial charge in [0.05, 0.1) is 12.5 Å². The van der Waals surface area contributed by atoms with Crippen LogP contribution in [0.3, 0.4) is 0 Å². The highest BCUT2D eigenvalue weighted by atomic mass is 16.4. The van der Waals surface area contributed by atoms with Crippen LogP contribution in [-0.4, -0.2) is 76.1 Å². The van der Waals surface area contributed by atoms with Crippen LogP contribution in [0.15, 0.2) is 0 Å². The fourth-order valence-corrected chi connectivity index (χ4v) is 2.44. The Morgan fingerprint density at radius 2 is 1.95 bits per heavy atom. The first-order valence-corrected chi connectivity index (χ1v) is 7.12. The zero-order valence-corrected chi connectivity index (χ0v) is 12.7. The van der Waals surface area contributed by atoms with Gasteiger partial charge < -0.3 is 30.7 Å². The molecule has 0 aromatic heterocycles. The number of amides is 3. The molecule has 1 fully saturated rings. The Morgan fingerprint density at radius 1 is 1.32 bits per heavy atom. The Labute approximate surface area is 128 Å². The summed E-state index contributed by atoms with van der Waals surface area (Å²) >= 11 is 0. The second-order valence-electron chi connectivity index (χ2n) is 5.32. The largest absolute Gasteiger partial charge is 0.475 e. The fourth-order valence-electron chi connectivity index (χ4n) is 2.44. The molecule has 124 valence electrons. The van der Waals surface area contributed by atoms with Crippen LogP contribution >= 0.6 is 0 Å². The van der Waals surface area contributed by atoms with Crippen LogP contribution in [0.4, 0.5) is 0 Å². The van der Waals surface area contributed by atoms with Gasteiger partial charge in [0.2, 0.25) is 17.7 Å². The summed E-state index contributed by atoms with van der Waals surface area (Å²) in [5.41, 5.74) is 0. The highest BCUT2D eigenvalue weighted by molar-refractivity contribution is 6.43. The van der Waals surface area contributed by atoms with E-state index in [9.17, 15) is 24.4 Å². The molecule has 1 heterocycles. The Bertz CT molecular complexity index is 433. The predicted octanol–water partition coefficient (Wildman–Crippen LogP) is -3.01. The summed E-state index contributed by atoms with van der Waals surface area (Å²) in [6, 6.07) is -2.04. The quantitative estimate of drug-likeness (QED) is 0.331. The molecule has 0 saturated carbocycles. The molecule has 1 rings (SSSR count). The van der Waals surface area contributed by atoms with E-state index in [0.717, 1.165) is 0 Å². The summed E-state index contributed by atoms with van der Waals surface area (Å²) < 4.78 is 0. The van der Waals surface area contributed by atoms with Gasteiger partial charge in [0.25, 0.3) is 0 Å². The van der Waals surface area contributed by atoms with Gasteiger partial charge in [0.1, 0.15) is 12.1 Å². The Hall–Kier alpha value is -1.65. The third-order valence-corrected chi connectivity index (χ3v) is 3.53. The predicted molar refractivity (Wildman–Crippen MR) is 77.2 cm³/mol. The van der Waals surface area contributed by atoms with E-state index in [1.807, 2.05) is 0 Å². The molecule has 9 nitrogen and oxygen atoms in total. The van der Waals surface area contributed by atoms with Crippen molar-refractivity contribution in [1.29, 1.82) is 0 Å². The molecule has 3 amide bonds. The summed E-state index contributed by atoms with van der Waals surface area (Å²) in [7, 11) is -1.63. The summed E-state index contributed by atoms with van der Waals surface area (Å²) in [6.45, 7) is 2.47. The van der Waals surface area contributed by atoms with Crippen molar-refractivity contribution in [2.24, 2.45) is 0 Å². The first-order valence-electron chi connectivity index (χ1n) is 7.12. The highest BCUT2D eigenvalue weighted by Crippen LogP contribution is 2.19. The Kier molecular flexibility index (Phi) is 6.78. The van der Waals surface area contributed by atoms with E-state index in [2.05, 4.69) is 10.6 Å². The van der Waals surface area contributed by atoms with Crippen molar-refractivity contribution < 1.29 is 29.5 Å². The van der Waals surface area contributed by atoms with Gasteiger partial charge in [-0.1, -0.05) is 0 Å². The maximum absolute atomic E-state index is 12.3. The third-order valence-electron chi connectivity index (χ3n) is 3.53. The topological polar surface area (TPSA) is 139 Å². The zero-order chi connectivity index (χ0) is 16.9. The van der Waals surface area contributed by atoms with E-state index < -0.39 is 49.5 Å². The number of nitrogens with one attached hydrogen (secondary N) is 2. The number of carbonyl (C=O) groups is 3. The molecule has 0 spiro atoms. The van der Waals surface area contributed by atoms with Crippen LogP contribution < -0.4 is 10.6 Å². The van der Waals surface area contributed by atoms with Crippen LogP contribution in [0.2, 0.25) is 0 Å². The molecule has 1 saturated heterocycles. The standard InChI is InChI=1S/C12H22BN3O6/c1-7(14-11(19)9(6-17)15-8(2)18)12(20)16-5-3-4-10(16)13(21)22/h7,9-10,17,21-22H,3-6H2,1-2H3,(H,14,19)(H,15,18). The molecule has 0 bridgehead atoms. The maximum Gasteiger partial charge on any atom is 0.475 e. The average Bonchev–Trinajstić information content (AvgIpc) is 2.92. The minimum Gasteiger partial charge on any atom is -0.426 e. The van der Waals surface area contributed by atoms with Crippen molar-refractivity contribution in [1.82, 2.24) is 15.5 Å². The van der Waals surface area contributed by atoms with E-state index >= 15 is 0 Å². The van der Waals surface area contributed by atoms with E-state index in [-0.39, 0.29) is 0 Å². The molecule has 5 N–H and O–H groups in total. The molecule has 3 atom stereocenters. The lowest BCUT2D eigenvalue weighted by molar-refractivity contribution is -0.137. The van der Waals surface area contributed by atoms with Gasteiger partial charge in [-0.15, -0.1) is 0 Å². The average molecular weight is 315 g/mol. The monoisotopic (exact) mass is 315 g/mol. The molecule has 1 aliphatic rings. The van der Waals surface area contributed by atoms with E-state index in [4.69, 9.17) is 5.11 Å². The highest BCUT2D eigenvalue weighted by Gasteiger charge is 2.38. The number of nitrogens with zero attached hydrogens (tertiary/aromatic N) is 1. The lowest BCUT2D eigenvalue weighted by Crippen LogP contribution is -2.56. The number of aliphatic hydroxyl groups excluding tert-OH is 1. The molecule has 0 aromatic rings. The van der Waals surface area contributed by atoms with Crippen LogP contribution in [0.5, 0.6) is 0 Å². The van der Waals surface area contributed by atoms with Gasteiger partial charge in [0.15, 0.2) is 0 Å². The molecule has 0 aromatic carbocycles. The van der Waals surface area contributed by atoms with Crippen LogP contribution in [0.25, 0.3) is 0 Å². The molecule has 0 aliphatic carbocycles. The number of aliphatic hydroxyl groups is 1. The minimum absolute atomic E-state index is 0.385. The number of hydrogen-bond acceptors (Lipinski definition) is 6. The second kappa shape index (κ2) is 8.11. The number of carbonyl (C=O) groups excluding carboxylic acids is 3. The van der Waals surface area contributed by atoms with Crippen LogP contribution in [-0.2, 0) is 14.4 Å². The summed E-state index contributed by atoms with van der Waals surface area (Å²) in [4.78, 5) is 36.4. The fraction of sp³-hybridized carbons (Fsp3) is 0.750. The van der Waals surface area contributed by atoms with Gasteiger partial charge >= 0.3 is 7.12 Å². The van der Waals surface area contributed by atoms with E-state index in [1.165, 1.54) is 18.7 Å². The Balaban J connectivity index is 2.63. The SMILES string of the molecule is CC(=O)NC(CO)C(=O)NC(C)C(=O)N1CCCC1B(O)O. The van der Waals surface area contributed by atoms with Crippen molar-refractivity contribution in [2.75, 3.05) is 13.2 Å². The van der Waals surface area contributed by atoms with Crippen molar-refractivity contribution in [2.45, 2.75) is 44.7 Å². The third kappa shape index (κ3) is 4.68. The molecule has 22 heavy (non-hydrogen) atoms. The van der Waals surface area contributed by atoms with Gasteiger partial charge in [-0.05, 0) is 19.8 Å². The second-order valence-corrected chi connectivity index (χ2v) is 5.32. The van der Waals surface area contributed by atoms with Crippen molar-refractivity contribution in [3.63, 3.8) is 0 Å². The van der Waals surface area contributed by atoms with Crippen LogP contribution in [0.1, 0.15) is 26.7 Å². The van der Waals surface area contributed by atoms with Crippen molar-refractivity contribution in [3.05, 3.63) is 0 Å². The van der Waals surface area contributed by atoms with Crippen molar-refractivity contribution >= 4 is 24.8 Å². The number of hydrogen-bond donors (Lipinski definition) is 5. The molecule has 0 radical (unpaired) electrons. The normalized spacial score (nSPS) is 20.2. The maximum atomic E-state index is 12.3. The van der Waals surface area contributed by atoms with Crippen molar-refractivity contribution in [3.8, 4) is 0 Å². The van der Waals surface area contributed by atoms with Gasteiger partial charge in [-0.25, -0.2) is 0 Å². The lowest BCUT2D eigenvalue weighted by Gasteiger charge is -2.28. The van der Waals surface area contributed by atoms with E-state index in [1.54, 1.807) is 0 Å². The molecule has 3 unspecified atom stereocenters. The molecular weight excluding hydrogens is 293 g/mol. The first-order chi connectivity index (χ1) is 10.3. The summed E-state index contributed by atoms with van der Waals surface area (Å²) in [5.74, 6) is -2.28. The first kappa shape index (κ1) is 18.4. The van der Waals surface area contributed by atoms with Gasteiger partial charge in [0, 0.05) is 13.5 Å². The van der Waals surface area contributed by atoms with Gasteiger partial charge in [-0.2, -0.15) is 0 Å². The van der Waals surface area contributed by atoms with Gasteiger partial charge in [-0.3, -0.25) is 14.4 Å². The van der Waals surface area contributed by atoms with Crippen LogP contribution in [0, 0.1) is 0 Å². The Morgan fingerprint density at radius 3 is 2.45 bits per heavy atom. The number of rotatable bonds is 6. The van der Waals surface area contributed by atoms with E-state index in [0.29, 0.717) is 19.4 Å². The molecule has 1 aliphatic heterocycles. The minimum atomic E-state index is -1.63.